The topological polar surface area (TPSA) is 81.2 Å². The molecule has 128 valence electrons. The SMILES string of the molecule is CCn1cc(S(=O)(=O)N(CCN)Cc2ccccc2)nc1C.Cl. The molecule has 0 spiro atoms. The van der Waals surface area contributed by atoms with Gasteiger partial charge in [-0.25, -0.2) is 13.4 Å². The molecule has 1 heterocycles. The van der Waals surface area contributed by atoms with E-state index in [1.54, 1.807) is 13.1 Å². The van der Waals surface area contributed by atoms with Crippen LogP contribution in [0.4, 0.5) is 0 Å². The molecule has 0 amide bonds. The van der Waals surface area contributed by atoms with E-state index in [1.807, 2.05) is 41.8 Å². The van der Waals surface area contributed by atoms with Gasteiger partial charge in [-0.05, 0) is 19.4 Å². The second-order valence-corrected chi connectivity index (χ2v) is 6.91. The number of aryl methyl sites for hydroxylation is 2. The summed E-state index contributed by atoms with van der Waals surface area (Å²) in [5.41, 5.74) is 6.51. The van der Waals surface area contributed by atoms with Crippen LogP contribution in [0.1, 0.15) is 18.3 Å². The summed E-state index contributed by atoms with van der Waals surface area (Å²) in [4.78, 5) is 4.19. The monoisotopic (exact) mass is 358 g/mol. The van der Waals surface area contributed by atoms with Gasteiger partial charge in [0.1, 0.15) is 5.82 Å². The van der Waals surface area contributed by atoms with Crippen molar-refractivity contribution in [2.24, 2.45) is 5.73 Å². The highest BCUT2D eigenvalue weighted by Crippen LogP contribution is 2.17. The predicted molar refractivity (Wildman–Crippen MR) is 93.0 cm³/mol. The van der Waals surface area contributed by atoms with Crippen LogP contribution in [-0.4, -0.2) is 35.4 Å². The smallest absolute Gasteiger partial charge is 0.262 e. The minimum absolute atomic E-state index is 0. The standard InChI is InChI=1S/C15H22N4O2S.ClH/c1-3-18-12-15(17-13(18)2)22(20,21)19(10-9-16)11-14-7-5-4-6-8-14;/h4-8,12H,3,9-11,16H2,1-2H3;1H. The third-order valence-corrected chi connectivity index (χ3v) is 5.20. The lowest BCUT2D eigenvalue weighted by atomic mass is 10.2. The summed E-state index contributed by atoms with van der Waals surface area (Å²) < 4.78 is 28.8. The van der Waals surface area contributed by atoms with Crippen LogP contribution in [0.15, 0.2) is 41.6 Å². The number of benzene rings is 1. The van der Waals surface area contributed by atoms with Gasteiger partial charge in [0.05, 0.1) is 0 Å². The van der Waals surface area contributed by atoms with Crippen LogP contribution in [0.2, 0.25) is 0 Å². The van der Waals surface area contributed by atoms with Crippen molar-refractivity contribution in [1.29, 1.82) is 0 Å². The van der Waals surface area contributed by atoms with Crippen LogP contribution in [0.5, 0.6) is 0 Å². The van der Waals surface area contributed by atoms with Gasteiger partial charge in [-0.1, -0.05) is 30.3 Å². The Balaban J connectivity index is 0.00000264. The summed E-state index contributed by atoms with van der Waals surface area (Å²) in [7, 11) is -3.65. The number of rotatable bonds is 7. The van der Waals surface area contributed by atoms with Crippen LogP contribution in [0.3, 0.4) is 0 Å². The maximum atomic E-state index is 12.8. The van der Waals surface area contributed by atoms with Gasteiger partial charge in [-0.15, -0.1) is 12.4 Å². The quantitative estimate of drug-likeness (QED) is 0.818. The Morgan fingerprint density at radius 2 is 1.91 bits per heavy atom. The highest BCUT2D eigenvalue weighted by atomic mass is 35.5. The molecule has 2 rings (SSSR count). The molecule has 6 nitrogen and oxygen atoms in total. The van der Waals surface area contributed by atoms with E-state index in [-0.39, 0.29) is 30.5 Å². The van der Waals surface area contributed by atoms with E-state index < -0.39 is 10.0 Å². The van der Waals surface area contributed by atoms with Gasteiger partial charge in [-0.2, -0.15) is 4.31 Å². The molecule has 0 bridgehead atoms. The molecule has 0 aliphatic carbocycles. The van der Waals surface area contributed by atoms with E-state index >= 15 is 0 Å². The van der Waals surface area contributed by atoms with E-state index in [4.69, 9.17) is 5.73 Å². The van der Waals surface area contributed by atoms with Crippen molar-refractivity contribution in [3.05, 3.63) is 47.9 Å². The number of nitrogens with zero attached hydrogens (tertiary/aromatic N) is 3. The normalized spacial score (nSPS) is 11.5. The summed E-state index contributed by atoms with van der Waals surface area (Å²) in [5, 5.41) is 0.0798. The van der Waals surface area contributed by atoms with Crippen molar-refractivity contribution in [2.75, 3.05) is 13.1 Å². The van der Waals surface area contributed by atoms with Gasteiger partial charge >= 0.3 is 0 Å². The maximum absolute atomic E-state index is 12.8. The Bertz CT molecular complexity index is 716. The lowest BCUT2D eigenvalue weighted by molar-refractivity contribution is 0.412. The van der Waals surface area contributed by atoms with Gasteiger partial charge in [0.15, 0.2) is 5.03 Å². The molecular weight excluding hydrogens is 336 g/mol. The summed E-state index contributed by atoms with van der Waals surface area (Å²) in [6.07, 6.45) is 1.58. The van der Waals surface area contributed by atoms with Crippen LogP contribution in [0.25, 0.3) is 0 Å². The summed E-state index contributed by atoms with van der Waals surface area (Å²) in [6, 6.07) is 9.47. The van der Waals surface area contributed by atoms with Gasteiger partial charge < -0.3 is 10.3 Å². The van der Waals surface area contributed by atoms with Crippen LogP contribution in [0, 0.1) is 6.92 Å². The van der Waals surface area contributed by atoms with E-state index in [9.17, 15) is 8.42 Å². The second-order valence-electron chi connectivity index (χ2n) is 5.03. The zero-order valence-corrected chi connectivity index (χ0v) is 15.0. The van der Waals surface area contributed by atoms with E-state index in [1.165, 1.54) is 4.31 Å². The van der Waals surface area contributed by atoms with Crippen LogP contribution >= 0.6 is 12.4 Å². The first-order valence-electron chi connectivity index (χ1n) is 7.27. The highest BCUT2D eigenvalue weighted by Gasteiger charge is 2.27. The first kappa shape index (κ1) is 19.6. The molecule has 0 saturated heterocycles. The number of imidazole rings is 1. The first-order valence-corrected chi connectivity index (χ1v) is 8.71. The Kier molecular flexibility index (Phi) is 7.21. The number of hydrogen-bond donors (Lipinski definition) is 1. The van der Waals surface area contributed by atoms with Crippen LogP contribution < -0.4 is 5.73 Å². The Morgan fingerprint density at radius 3 is 2.43 bits per heavy atom. The fraction of sp³-hybridized carbons (Fsp3) is 0.400. The first-order chi connectivity index (χ1) is 10.5. The maximum Gasteiger partial charge on any atom is 0.262 e. The summed E-state index contributed by atoms with van der Waals surface area (Å²) >= 11 is 0. The molecule has 0 aliphatic heterocycles. The predicted octanol–water partition coefficient (Wildman–Crippen LogP) is 1.78. The second kappa shape index (κ2) is 8.44. The molecule has 0 aliphatic rings. The molecule has 0 atom stereocenters. The van der Waals surface area contributed by atoms with E-state index in [2.05, 4.69) is 4.98 Å². The molecule has 1 aromatic carbocycles. The molecule has 2 N–H and O–H groups in total. The molecular formula is C15H23ClN4O2S. The molecule has 0 unspecified atom stereocenters. The Hall–Kier alpha value is -1.41. The number of hydrogen-bond acceptors (Lipinski definition) is 4. The molecule has 8 heteroatoms. The van der Waals surface area contributed by atoms with E-state index in [0.29, 0.717) is 18.9 Å². The number of aromatic nitrogens is 2. The number of halogens is 1. The molecule has 0 saturated carbocycles. The lowest BCUT2D eigenvalue weighted by Gasteiger charge is -2.20. The van der Waals surface area contributed by atoms with Crippen molar-refractivity contribution >= 4 is 22.4 Å². The molecule has 1 aromatic heterocycles. The lowest BCUT2D eigenvalue weighted by Crippen LogP contribution is -2.35. The van der Waals surface area contributed by atoms with Crippen LogP contribution in [-0.2, 0) is 23.1 Å². The minimum atomic E-state index is -3.65. The third-order valence-electron chi connectivity index (χ3n) is 3.48. The third kappa shape index (κ3) is 4.54. The molecule has 23 heavy (non-hydrogen) atoms. The molecule has 0 fully saturated rings. The molecule has 0 radical (unpaired) electrons. The minimum Gasteiger partial charge on any atom is -0.334 e. The van der Waals surface area contributed by atoms with E-state index in [0.717, 1.165) is 5.56 Å². The largest absolute Gasteiger partial charge is 0.334 e. The average Bonchev–Trinajstić information content (AvgIpc) is 2.90. The Morgan fingerprint density at radius 1 is 1.26 bits per heavy atom. The molecule has 2 aromatic rings. The van der Waals surface area contributed by atoms with Crippen molar-refractivity contribution in [3.8, 4) is 0 Å². The fourth-order valence-electron chi connectivity index (χ4n) is 2.27. The van der Waals surface area contributed by atoms with Crippen molar-refractivity contribution in [1.82, 2.24) is 13.9 Å². The number of nitrogens with two attached hydrogens (primary N) is 1. The van der Waals surface area contributed by atoms with Crippen molar-refractivity contribution in [3.63, 3.8) is 0 Å². The number of sulfonamides is 1. The van der Waals surface area contributed by atoms with Crippen molar-refractivity contribution < 1.29 is 8.42 Å². The zero-order chi connectivity index (χ0) is 16.2. The van der Waals surface area contributed by atoms with Gasteiger partial charge in [0.25, 0.3) is 10.0 Å². The summed E-state index contributed by atoms with van der Waals surface area (Å²) in [5.74, 6) is 0.688. The van der Waals surface area contributed by atoms with Gasteiger partial charge in [0, 0.05) is 32.4 Å². The average molecular weight is 359 g/mol. The van der Waals surface area contributed by atoms with Gasteiger partial charge in [0.2, 0.25) is 0 Å². The fourth-order valence-corrected chi connectivity index (χ4v) is 3.71. The highest BCUT2D eigenvalue weighted by molar-refractivity contribution is 7.89. The zero-order valence-electron chi connectivity index (χ0n) is 13.3. The summed E-state index contributed by atoms with van der Waals surface area (Å²) in [6.45, 7) is 5.25. The van der Waals surface area contributed by atoms with Crippen molar-refractivity contribution in [2.45, 2.75) is 32.0 Å². The van der Waals surface area contributed by atoms with Gasteiger partial charge in [-0.3, -0.25) is 0 Å². The Labute approximate surface area is 143 Å².